The van der Waals surface area contributed by atoms with Gasteiger partial charge < -0.3 is 9.84 Å². The van der Waals surface area contributed by atoms with Crippen LogP contribution >= 0.6 is 0 Å². The lowest BCUT2D eigenvalue weighted by Gasteiger charge is -2.28. The van der Waals surface area contributed by atoms with Crippen LogP contribution < -0.4 is 0 Å². The van der Waals surface area contributed by atoms with Gasteiger partial charge in [0.15, 0.2) is 0 Å². The highest BCUT2D eigenvalue weighted by Gasteiger charge is 2.32. The van der Waals surface area contributed by atoms with E-state index < -0.39 is 24.7 Å². The Morgan fingerprint density at radius 2 is 2.29 bits per heavy atom. The highest BCUT2D eigenvalue weighted by molar-refractivity contribution is 5.67. The summed E-state index contributed by atoms with van der Waals surface area (Å²) < 4.78 is 30.1. The van der Waals surface area contributed by atoms with Gasteiger partial charge in [0.2, 0.25) is 6.43 Å². The Morgan fingerprint density at radius 1 is 1.57 bits per heavy atom. The number of aliphatic carboxylic acids is 1. The van der Waals surface area contributed by atoms with Crippen molar-refractivity contribution >= 4 is 5.97 Å². The molecule has 5 heteroatoms. The minimum Gasteiger partial charge on any atom is -0.481 e. The molecule has 1 rings (SSSR count). The van der Waals surface area contributed by atoms with Crippen molar-refractivity contribution in [2.24, 2.45) is 11.8 Å². The number of hydrogen-bond acceptors (Lipinski definition) is 2. The Labute approximate surface area is 81.1 Å². The molecule has 0 saturated carbocycles. The van der Waals surface area contributed by atoms with Crippen LogP contribution in [0.2, 0.25) is 0 Å². The topological polar surface area (TPSA) is 46.5 Å². The second-order valence-electron chi connectivity index (χ2n) is 3.57. The average Bonchev–Trinajstić information content (AvgIpc) is 2.15. The van der Waals surface area contributed by atoms with Gasteiger partial charge in [-0.1, -0.05) is 0 Å². The average molecular weight is 208 g/mol. The first-order valence-electron chi connectivity index (χ1n) is 4.69. The summed E-state index contributed by atoms with van der Waals surface area (Å²) in [5, 5.41) is 8.49. The van der Waals surface area contributed by atoms with E-state index in [1.807, 2.05) is 0 Å². The van der Waals surface area contributed by atoms with E-state index in [4.69, 9.17) is 9.84 Å². The highest BCUT2D eigenvalue weighted by atomic mass is 19.3. The first-order valence-corrected chi connectivity index (χ1v) is 4.69. The summed E-state index contributed by atoms with van der Waals surface area (Å²) >= 11 is 0. The minimum atomic E-state index is -2.57. The Bertz CT molecular complexity index is 190. The van der Waals surface area contributed by atoms with E-state index in [9.17, 15) is 13.6 Å². The smallest absolute Gasteiger partial charge is 0.303 e. The summed E-state index contributed by atoms with van der Waals surface area (Å²) in [4.78, 5) is 10.4. The summed E-state index contributed by atoms with van der Waals surface area (Å²) in [6.07, 6.45) is -1.65. The Hall–Kier alpha value is -0.710. The summed E-state index contributed by atoms with van der Waals surface area (Å²) in [5.41, 5.74) is 0. The summed E-state index contributed by atoms with van der Waals surface area (Å²) in [7, 11) is 0. The van der Waals surface area contributed by atoms with Crippen LogP contribution in [0.15, 0.2) is 0 Å². The van der Waals surface area contributed by atoms with Crippen molar-refractivity contribution in [2.75, 3.05) is 13.2 Å². The molecule has 14 heavy (non-hydrogen) atoms. The van der Waals surface area contributed by atoms with Crippen LogP contribution in [0, 0.1) is 11.8 Å². The van der Waals surface area contributed by atoms with Crippen LogP contribution in [0.3, 0.4) is 0 Å². The fourth-order valence-corrected chi connectivity index (χ4v) is 1.77. The molecule has 2 unspecified atom stereocenters. The van der Waals surface area contributed by atoms with Gasteiger partial charge in [-0.25, -0.2) is 8.78 Å². The molecule has 0 aromatic rings. The van der Waals surface area contributed by atoms with Crippen LogP contribution in [-0.4, -0.2) is 30.7 Å². The molecule has 0 radical (unpaired) electrons. The van der Waals surface area contributed by atoms with Gasteiger partial charge in [-0.2, -0.15) is 0 Å². The molecular weight excluding hydrogens is 194 g/mol. The summed E-state index contributed by atoms with van der Waals surface area (Å²) in [6, 6.07) is 0. The normalized spacial score (nSPS) is 24.9. The number of rotatable bonds is 4. The van der Waals surface area contributed by atoms with E-state index in [-0.39, 0.29) is 12.5 Å². The lowest BCUT2D eigenvalue weighted by molar-refractivity contribution is -0.141. The highest BCUT2D eigenvalue weighted by Crippen LogP contribution is 2.29. The van der Waals surface area contributed by atoms with Gasteiger partial charge in [-0.3, -0.25) is 4.79 Å². The van der Waals surface area contributed by atoms with Crippen molar-refractivity contribution in [1.82, 2.24) is 0 Å². The number of carbonyl (C=O) groups is 1. The minimum absolute atomic E-state index is 0.266. The van der Waals surface area contributed by atoms with E-state index in [1.165, 1.54) is 0 Å². The van der Waals surface area contributed by atoms with Crippen molar-refractivity contribution < 1.29 is 23.4 Å². The summed E-state index contributed by atoms with van der Waals surface area (Å²) in [6.45, 7) is 0.863. The molecule has 3 nitrogen and oxygen atoms in total. The van der Waals surface area contributed by atoms with Gasteiger partial charge in [-0.15, -0.1) is 0 Å². The number of halogens is 2. The largest absolute Gasteiger partial charge is 0.481 e. The lowest BCUT2D eigenvalue weighted by atomic mass is 9.86. The molecular formula is C9H14F2O3. The van der Waals surface area contributed by atoms with Gasteiger partial charge in [-0.05, 0) is 18.8 Å². The number of carboxylic acid groups (broad SMARTS) is 1. The molecule has 0 aromatic heterocycles. The number of hydrogen-bond donors (Lipinski definition) is 1. The van der Waals surface area contributed by atoms with Crippen LogP contribution in [0.4, 0.5) is 8.78 Å². The monoisotopic (exact) mass is 208 g/mol. The van der Waals surface area contributed by atoms with Crippen molar-refractivity contribution in [3.63, 3.8) is 0 Å². The lowest BCUT2D eigenvalue weighted by Crippen LogP contribution is -2.31. The molecule has 0 aliphatic carbocycles. The molecule has 1 aliphatic rings. The predicted octanol–water partition coefficient (Wildman–Crippen LogP) is 1.77. The van der Waals surface area contributed by atoms with Gasteiger partial charge in [0.05, 0.1) is 6.42 Å². The molecule has 1 heterocycles. The standard InChI is InChI=1S/C9H14F2O3/c10-9(11)7(4-8(12)13)6-2-1-3-14-5-6/h6-7,9H,1-5H2,(H,12,13). The van der Waals surface area contributed by atoms with E-state index in [0.29, 0.717) is 13.0 Å². The SMILES string of the molecule is O=C(O)CC(C(F)F)C1CCCOC1. The molecule has 1 aliphatic heterocycles. The number of carboxylic acids is 1. The van der Waals surface area contributed by atoms with Crippen LogP contribution in [-0.2, 0) is 9.53 Å². The maximum absolute atomic E-state index is 12.5. The maximum atomic E-state index is 12.5. The molecule has 1 fully saturated rings. The molecule has 0 spiro atoms. The fourth-order valence-electron chi connectivity index (χ4n) is 1.77. The van der Waals surface area contributed by atoms with E-state index in [2.05, 4.69) is 0 Å². The van der Waals surface area contributed by atoms with Crippen molar-refractivity contribution in [3.8, 4) is 0 Å². The first-order chi connectivity index (χ1) is 6.61. The number of ether oxygens (including phenoxy) is 1. The molecule has 2 atom stereocenters. The van der Waals surface area contributed by atoms with Crippen LogP contribution in [0.1, 0.15) is 19.3 Å². The van der Waals surface area contributed by atoms with Crippen LogP contribution in [0.25, 0.3) is 0 Å². The van der Waals surface area contributed by atoms with Gasteiger partial charge in [0.25, 0.3) is 0 Å². The van der Waals surface area contributed by atoms with Crippen molar-refractivity contribution in [1.29, 1.82) is 0 Å². The second-order valence-corrected chi connectivity index (χ2v) is 3.57. The van der Waals surface area contributed by atoms with Crippen LogP contribution in [0.5, 0.6) is 0 Å². The second kappa shape index (κ2) is 5.24. The third kappa shape index (κ3) is 3.21. The third-order valence-electron chi connectivity index (χ3n) is 2.53. The zero-order valence-electron chi connectivity index (χ0n) is 7.79. The predicted molar refractivity (Wildman–Crippen MR) is 45.3 cm³/mol. The molecule has 1 N–H and O–H groups in total. The van der Waals surface area contributed by atoms with Gasteiger partial charge >= 0.3 is 5.97 Å². The van der Waals surface area contributed by atoms with Crippen molar-refractivity contribution in [2.45, 2.75) is 25.7 Å². The van der Waals surface area contributed by atoms with E-state index in [0.717, 1.165) is 6.42 Å². The Morgan fingerprint density at radius 3 is 2.71 bits per heavy atom. The zero-order valence-corrected chi connectivity index (χ0v) is 7.79. The number of alkyl halides is 2. The molecule has 1 saturated heterocycles. The Kier molecular flexibility index (Phi) is 4.25. The quantitative estimate of drug-likeness (QED) is 0.765. The Balaban J connectivity index is 2.51. The molecule has 0 aromatic carbocycles. The zero-order chi connectivity index (χ0) is 10.6. The van der Waals surface area contributed by atoms with Gasteiger partial charge in [0, 0.05) is 19.1 Å². The molecule has 82 valence electrons. The van der Waals surface area contributed by atoms with E-state index in [1.54, 1.807) is 0 Å². The molecule has 0 amide bonds. The summed E-state index contributed by atoms with van der Waals surface area (Å²) in [5.74, 6) is -2.53. The maximum Gasteiger partial charge on any atom is 0.303 e. The van der Waals surface area contributed by atoms with Gasteiger partial charge in [0.1, 0.15) is 0 Å². The van der Waals surface area contributed by atoms with Crippen molar-refractivity contribution in [3.05, 3.63) is 0 Å². The third-order valence-corrected chi connectivity index (χ3v) is 2.53. The molecule has 0 bridgehead atoms. The fraction of sp³-hybridized carbons (Fsp3) is 0.889. The van der Waals surface area contributed by atoms with E-state index >= 15 is 0 Å². The first kappa shape index (κ1) is 11.4.